The Hall–Kier alpha value is -2.04. The number of hydrogen-bond acceptors (Lipinski definition) is 7. The third kappa shape index (κ3) is 13.1. The van der Waals surface area contributed by atoms with Crippen LogP contribution >= 0.6 is 47.4 Å². The maximum absolute atomic E-state index is 13.7. The van der Waals surface area contributed by atoms with Crippen LogP contribution in [-0.2, 0) is 32.0 Å². The van der Waals surface area contributed by atoms with Crippen LogP contribution in [0.2, 0.25) is 0 Å². The van der Waals surface area contributed by atoms with Gasteiger partial charge in [-0.25, -0.2) is 4.39 Å². The van der Waals surface area contributed by atoms with Gasteiger partial charge in [0, 0.05) is 37.0 Å². The summed E-state index contributed by atoms with van der Waals surface area (Å²) in [5.74, 6) is -0.667. The molecule has 0 bridgehead atoms. The van der Waals surface area contributed by atoms with E-state index in [9.17, 15) is 18.8 Å². The van der Waals surface area contributed by atoms with E-state index in [2.05, 4.69) is 10.2 Å². The summed E-state index contributed by atoms with van der Waals surface area (Å²) in [6.45, 7) is 3.15. The topological polar surface area (TPSA) is 102 Å². The first-order valence-electron chi connectivity index (χ1n) is 13.7. The number of benzene rings is 2. The van der Waals surface area contributed by atoms with Crippen molar-refractivity contribution in [1.29, 1.82) is 0 Å². The molecule has 2 rings (SSSR count). The number of nitrogens with two attached hydrogens (primary N) is 1. The molecule has 1 amide bonds. The van der Waals surface area contributed by atoms with Gasteiger partial charge in [-0.1, -0.05) is 24.3 Å². The fraction of sp³-hybridized carbons (Fsp3) is 0.500. The summed E-state index contributed by atoms with van der Waals surface area (Å²) in [5, 5.41) is 2.83. The quantitative estimate of drug-likeness (QED) is 0.161. The SMILES string of the molecule is CCOC(=O)C(CCSC)CC(=O)C(Cc1cccc(N(CCCl)CCCl)c1)NC(=O)C(N)Cc1ccc(F)cc1.Cl. The van der Waals surface area contributed by atoms with E-state index >= 15 is 0 Å². The number of ketones is 1. The number of nitrogens with zero attached hydrogens (tertiary/aromatic N) is 1. The molecule has 0 aliphatic heterocycles. The highest BCUT2D eigenvalue weighted by molar-refractivity contribution is 7.98. The second kappa shape index (κ2) is 20.8. The molecule has 12 heteroatoms. The normalized spacial score (nSPS) is 12.9. The van der Waals surface area contributed by atoms with E-state index < -0.39 is 29.9 Å². The van der Waals surface area contributed by atoms with E-state index in [4.69, 9.17) is 33.7 Å². The molecule has 0 fully saturated rings. The third-order valence-electron chi connectivity index (χ3n) is 6.57. The minimum absolute atomic E-state index is 0. The van der Waals surface area contributed by atoms with Crippen molar-refractivity contribution in [3.8, 4) is 0 Å². The summed E-state index contributed by atoms with van der Waals surface area (Å²) in [6.07, 6.45) is 2.72. The number of anilines is 1. The lowest BCUT2D eigenvalue weighted by atomic mass is 9.92. The molecule has 0 spiro atoms. The van der Waals surface area contributed by atoms with Crippen molar-refractivity contribution >= 4 is 70.7 Å². The van der Waals surface area contributed by atoms with Crippen molar-refractivity contribution in [1.82, 2.24) is 5.32 Å². The van der Waals surface area contributed by atoms with Crippen molar-refractivity contribution in [3.05, 3.63) is 65.5 Å². The van der Waals surface area contributed by atoms with Crippen molar-refractivity contribution in [3.63, 3.8) is 0 Å². The molecule has 0 radical (unpaired) electrons. The van der Waals surface area contributed by atoms with Crippen molar-refractivity contribution in [2.24, 2.45) is 11.7 Å². The Bertz CT molecular complexity index is 1110. The number of halogens is 4. The van der Waals surface area contributed by atoms with Crippen LogP contribution < -0.4 is 16.0 Å². The standard InChI is InChI=1S/C30H40Cl2FN3O4S.ClH/c1-3-40-30(39)23(11-16-41-2)20-28(37)27(35-29(38)26(34)18-21-7-9-24(33)10-8-21)19-22-5-4-6-25(17-22)36(14-12-31)15-13-32;/h4-10,17,23,26-27H,3,11-16,18-20,34H2,1-2H3,(H,35,38);1H. The lowest BCUT2D eigenvalue weighted by molar-refractivity contribution is -0.149. The van der Waals surface area contributed by atoms with E-state index in [1.165, 1.54) is 12.1 Å². The molecule has 0 heterocycles. The number of esters is 1. The molecule has 2 aromatic carbocycles. The van der Waals surface area contributed by atoms with Gasteiger partial charge in [-0.3, -0.25) is 14.4 Å². The van der Waals surface area contributed by atoms with Crippen LogP contribution in [-0.4, -0.2) is 73.2 Å². The fourth-order valence-electron chi connectivity index (χ4n) is 4.39. The zero-order chi connectivity index (χ0) is 30.2. The van der Waals surface area contributed by atoms with Crippen molar-refractivity contribution in [2.75, 3.05) is 48.4 Å². The Balaban J connectivity index is 0.00000882. The highest BCUT2D eigenvalue weighted by Gasteiger charge is 2.30. The number of rotatable bonds is 19. The molecule has 0 aliphatic carbocycles. The molecule has 0 saturated heterocycles. The largest absolute Gasteiger partial charge is 0.466 e. The maximum Gasteiger partial charge on any atom is 0.309 e. The molecule has 3 atom stereocenters. The first kappa shape index (κ1) is 38.0. The van der Waals surface area contributed by atoms with E-state index in [1.54, 1.807) is 30.8 Å². The summed E-state index contributed by atoms with van der Waals surface area (Å²) >= 11 is 13.6. The van der Waals surface area contributed by atoms with E-state index in [0.717, 1.165) is 11.3 Å². The Kier molecular flexibility index (Phi) is 18.8. The monoisotopic (exact) mass is 663 g/mol. The van der Waals surface area contributed by atoms with Gasteiger partial charge in [0.25, 0.3) is 0 Å². The van der Waals surface area contributed by atoms with Crippen molar-refractivity contribution < 1.29 is 23.5 Å². The maximum atomic E-state index is 13.7. The highest BCUT2D eigenvalue weighted by Crippen LogP contribution is 2.21. The minimum Gasteiger partial charge on any atom is -0.466 e. The van der Waals surface area contributed by atoms with Crippen LogP contribution in [0.5, 0.6) is 0 Å². The smallest absolute Gasteiger partial charge is 0.309 e. The van der Waals surface area contributed by atoms with Crippen LogP contribution in [0.4, 0.5) is 10.1 Å². The summed E-state index contributed by atoms with van der Waals surface area (Å²) in [7, 11) is 0. The van der Waals surface area contributed by atoms with Gasteiger partial charge >= 0.3 is 5.97 Å². The van der Waals surface area contributed by atoms with Crippen LogP contribution in [0.15, 0.2) is 48.5 Å². The average Bonchev–Trinajstić information content (AvgIpc) is 2.96. The van der Waals surface area contributed by atoms with Gasteiger partial charge in [0.15, 0.2) is 5.78 Å². The van der Waals surface area contributed by atoms with Gasteiger partial charge in [0.1, 0.15) is 5.82 Å². The number of hydrogen-bond donors (Lipinski definition) is 2. The predicted molar refractivity (Wildman–Crippen MR) is 174 cm³/mol. The fourth-order valence-corrected chi connectivity index (χ4v) is 5.32. The number of thioether (sulfide) groups is 1. The summed E-state index contributed by atoms with van der Waals surface area (Å²) in [6, 6.07) is 11.5. The molecule has 0 aromatic heterocycles. The van der Waals surface area contributed by atoms with Crippen LogP contribution in [0.25, 0.3) is 0 Å². The minimum atomic E-state index is -0.956. The van der Waals surface area contributed by atoms with Crippen LogP contribution in [0.3, 0.4) is 0 Å². The summed E-state index contributed by atoms with van der Waals surface area (Å²) in [5.41, 5.74) is 8.61. The van der Waals surface area contributed by atoms with E-state index in [-0.39, 0.29) is 49.9 Å². The molecule has 2 aromatic rings. The molecule has 42 heavy (non-hydrogen) atoms. The number of carbonyl (C=O) groups is 3. The Morgan fingerprint density at radius 3 is 2.31 bits per heavy atom. The Labute approximate surface area is 268 Å². The lowest BCUT2D eigenvalue weighted by Crippen LogP contribution is -2.50. The molecule has 0 aliphatic rings. The Morgan fingerprint density at radius 2 is 1.71 bits per heavy atom. The van der Waals surface area contributed by atoms with Crippen LogP contribution in [0.1, 0.15) is 30.9 Å². The van der Waals surface area contributed by atoms with Gasteiger partial charge in [0.05, 0.1) is 24.6 Å². The molecular formula is C30H41Cl3FN3O4S. The number of Topliss-reactive ketones (excluding diaryl/α,β-unsaturated/α-hetero) is 1. The second-order valence-corrected chi connectivity index (χ2v) is 11.4. The zero-order valence-corrected chi connectivity index (χ0v) is 27.2. The molecule has 234 valence electrons. The highest BCUT2D eigenvalue weighted by atomic mass is 35.5. The van der Waals surface area contributed by atoms with Crippen molar-refractivity contribution in [2.45, 2.75) is 44.7 Å². The van der Waals surface area contributed by atoms with Gasteiger partial charge in [-0.05, 0) is 73.6 Å². The predicted octanol–water partition coefficient (Wildman–Crippen LogP) is 5.02. The van der Waals surface area contributed by atoms with Gasteiger partial charge in [-0.15, -0.1) is 35.6 Å². The summed E-state index contributed by atoms with van der Waals surface area (Å²) < 4.78 is 18.5. The number of alkyl halides is 2. The number of nitrogens with one attached hydrogen (secondary N) is 1. The van der Waals surface area contributed by atoms with Gasteiger partial charge in [-0.2, -0.15) is 11.8 Å². The van der Waals surface area contributed by atoms with E-state index in [1.807, 2.05) is 30.5 Å². The Morgan fingerprint density at radius 1 is 1.05 bits per heavy atom. The summed E-state index contributed by atoms with van der Waals surface area (Å²) in [4.78, 5) is 41.5. The molecule has 3 unspecified atom stereocenters. The molecule has 0 saturated carbocycles. The average molecular weight is 665 g/mol. The zero-order valence-electron chi connectivity index (χ0n) is 24.0. The first-order chi connectivity index (χ1) is 19.7. The molecular weight excluding hydrogens is 624 g/mol. The number of carbonyl (C=O) groups excluding carboxylic acids is 3. The number of amides is 1. The number of ether oxygens (including phenoxy) is 1. The molecule has 7 nitrogen and oxygen atoms in total. The molecule has 3 N–H and O–H groups in total. The van der Waals surface area contributed by atoms with E-state index in [0.29, 0.717) is 42.6 Å². The van der Waals surface area contributed by atoms with Crippen LogP contribution in [0, 0.1) is 11.7 Å². The lowest BCUT2D eigenvalue weighted by Gasteiger charge is -2.25. The second-order valence-electron chi connectivity index (χ2n) is 9.64. The van der Waals surface area contributed by atoms with Gasteiger partial charge < -0.3 is 20.7 Å². The first-order valence-corrected chi connectivity index (χ1v) is 16.1. The third-order valence-corrected chi connectivity index (χ3v) is 7.56. The van der Waals surface area contributed by atoms with Gasteiger partial charge in [0.2, 0.25) is 5.91 Å².